The van der Waals surface area contributed by atoms with Crippen LogP contribution in [0.5, 0.6) is 0 Å². The van der Waals surface area contributed by atoms with Crippen molar-refractivity contribution in [3.8, 4) is 0 Å². The van der Waals surface area contributed by atoms with Crippen molar-refractivity contribution in [2.24, 2.45) is 0 Å². The van der Waals surface area contributed by atoms with E-state index in [1.54, 1.807) is 0 Å². The average molecular weight is 346 g/mol. The van der Waals surface area contributed by atoms with Crippen molar-refractivity contribution in [3.63, 3.8) is 0 Å². The molecule has 0 aliphatic heterocycles. The van der Waals surface area contributed by atoms with E-state index in [9.17, 15) is 22.8 Å². The van der Waals surface area contributed by atoms with Gasteiger partial charge >= 0.3 is 18.2 Å². The molecule has 0 saturated heterocycles. The highest BCUT2D eigenvalue weighted by atomic mass is 19.4. The Hall–Kier alpha value is -2.25. The van der Waals surface area contributed by atoms with Crippen LogP contribution >= 0.6 is 0 Å². The number of nitrogens with one attached hydrogen (secondary N) is 2. The van der Waals surface area contributed by atoms with E-state index in [1.807, 2.05) is 30.3 Å². The van der Waals surface area contributed by atoms with E-state index in [2.05, 4.69) is 10.6 Å². The summed E-state index contributed by atoms with van der Waals surface area (Å²) in [6.07, 6.45) is -4.82. The monoisotopic (exact) mass is 346 g/mol. The Morgan fingerprint density at radius 1 is 1.17 bits per heavy atom. The molecular weight excluding hydrogens is 325 g/mol. The van der Waals surface area contributed by atoms with E-state index in [1.165, 1.54) is 0 Å². The van der Waals surface area contributed by atoms with Crippen molar-refractivity contribution in [1.29, 1.82) is 0 Å². The minimum atomic E-state index is -4.24. The minimum absolute atomic E-state index is 0.0949. The smallest absolute Gasteiger partial charge is 0.389 e. The molecule has 0 bridgehead atoms. The normalized spacial score (nSPS) is 12.5. The number of carboxylic acids is 1. The maximum atomic E-state index is 12.0. The molecule has 1 aromatic carbocycles. The van der Waals surface area contributed by atoms with Crippen molar-refractivity contribution >= 4 is 12.0 Å². The number of carboxylic acid groups (broad SMARTS) is 1. The van der Waals surface area contributed by atoms with Crippen molar-refractivity contribution < 1.29 is 27.9 Å². The van der Waals surface area contributed by atoms with E-state index in [0.717, 1.165) is 5.56 Å². The maximum absolute atomic E-state index is 12.0. The van der Waals surface area contributed by atoms with Crippen LogP contribution < -0.4 is 10.6 Å². The summed E-state index contributed by atoms with van der Waals surface area (Å²) < 4.78 is 36.1. The fraction of sp³-hybridized carbons (Fsp3) is 0.500. The summed E-state index contributed by atoms with van der Waals surface area (Å²) >= 11 is 0. The van der Waals surface area contributed by atoms with Gasteiger partial charge in [0, 0.05) is 25.4 Å². The number of amides is 2. The molecule has 3 N–H and O–H groups in total. The second-order valence-corrected chi connectivity index (χ2v) is 5.44. The Morgan fingerprint density at radius 3 is 2.42 bits per heavy atom. The number of rotatable bonds is 9. The molecule has 0 fully saturated rings. The van der Waals surface area contributed by atoms with E-state index in [4.69, 9.17) is 5.11 Å². The van der Waals surface area contributed by atoms with Gasteiger partial charge in [0.25, 0.3) is 0 Å². The lowest BCUT2D eigenvalue weighted by Gasteiger charge is -2.19. The van der Waals surface area contributed by atoms with Gasteiger partial charge in [-0.05, 0) is 24.8 Å². The van der Waals surface area contributed by atoms with E-state index >= 15 is 0 Å². The quantitative estimate of drug-likeness (QED) is 0.601. The third-order valence-electron chi connectivity index (χ3n) is 3.29. The molecule has 2 amide bonds. The van der Waals surface area contributed by atoms with Crippen molar-refractivity contribution in [2.75, 3.05) is 6.54 Å². The summed E-state index contributed by atoms with van der Waals surface area (Å²) in [5.41, 5.74) is 0.935. The molecule has 1 rings (SSSR count). The van der Waals surface area contributed by atoms with Gasteiger partial charge in [-0.15, -0.1) is 0 Å². The second kappa shape index (κ2) is 9.79. The van der Waals surface area contributed by atoms with Crippen LogP contribution in [0.15, 0.2) is 30.3 Å². The van der Waals surface area contributed by atoms with Crippen molar-refractivity contribution in [3.05, 3.63) is 35.9 Å². The molecule has 1 aromatic rings. The predicted molar refractivity (Wildman–Crippen MR) is 82.6 cm³/mol. The van der Waals surface area contributed by atoms with Gasteiger partial charge in [-0.1, -0.05) is 30.3 Å². The second-order valence-electron chi connectivity index (χ2n) is 5.44. The van der Waals surface area contributed by atoms with Crippen molar-refractivity contribution in [2.45, 2.75) is 44.3 Å². The predicted octanol–water partition coefficient (Wildman–Crippen LogP) is 3.10. The molecule has 134 valence electrons. The molecule has 0 aliphatic rings. The zero-order chi connectivity index (χ0) is 18.0. The Labute approximate surface area is 138 Å². The third kappa shape index (κ3) is 9.70. The number of aliphatic carboxylic acids is 1. The Balaban J connectivity index is 2.45. The SMILES string of the molecule is O=C(O)CCC(Cc1ccccc1)NC(=O)NCCCC(F)(F)F. The summed E-state index contributed by atoms with van der Waals surface area (Å²) in [6.45, 7) is -0.0949. The van der Waals surface area contributed by atoms with Gasteiger partial charge < -0.3 is 15.7 Å². The molecule has 0 radical (unpaired) electrons. The van der Waals surface area contributed by atoms with Gasteiger partial charge in [-0.25, -0.2) is 4.79 Å². The topological polar surface area (TPSA) is 78.4 Å². The van der Waals surface area contributed by atoms with Crippen LogP contribution in [0.25, 0.3) is 0 Å². The zero-order valence-electron chi connectivity index (χ0n) is 13.1. The molecule has 0 saturated carbocycles. The van der Waals surface area contributed by atoms with Gasteiger partial charge in [0.15, 0.2) is 0 Å². The van der Waals surface area contributed by atoms with Crippen molar-refractivity contribution in [1.82, 2.24) is 10.6 Å². The van der Waals surface area contributed by atoms with Gasteiger partial charge in [0.1, 0.15) is 0 Å². The van der Waals surface area contributed by atoms with Crippen LogP contribution in [-0.2, 0) is 11.2 Å². The van der Waals surface area contributed by atoms with Gasteiger partial charge in [-0.2, -0.15) is 13.2 Å². The lowest BCUT2D eigenvalue weighted by atomic mass is 10.0. The van der Waals surface area contributed by atoms with Crippen LogP contribution in [-0.4, -0.2) is 35.9 Å². The lowest BCUT2D eigenvalue weighted by Crippen LogP contribution is -2.43. The summed E-state index contributed by atoms with van der Waals surface area (Å²) in [5, 5.41) is 13.8. The maximum Gasteiger partial charge on any atom is 0.389 e. The third-order valence-corrected chi connectivity index (χ3v) is 3.29. The first-order valence-electron chi connectivity index (χ1n) is 7.63. The molecule has 0 aliphatic carbocycles. The molecule has 0 aromatic heterocycles. The molecule has 0 spiro atoms. The van der Waals surface area contributed by atoms with Crippen LogP contribution in [0.2, 0.25) is 0 Å². The molecule has 0 heterocycles. The Kier molecular flexibility index (Phi) is 8.08. The first kappa shape index (κ1) is 19.8. The lowest BCUT2D eigenvalue weighted by molar-refractivity contribution is -0.137. The highest BCUT2D eigenvalue weighted by molar-refractivity contribution is 5.74. The summed E-state index contributed by atoms with van der Waals surface area (Å²) in [6, 6.07) is 8.22. The summed E-state index contributed by atoms with van der Waals surface area (Å²) in [4.78, 5) is 22.5. The van der Waals surface area contributed by atoms with Crippen LogP contribution in [0.4, 0.5) is 18.0 Å². The molecule has 1 unspecified atom stereocenters. The van der Waals surface area contributed by atoms with E-state index in [-0.39, 0.29) is 25.8 Å². The highest BCUT2D eigenvalue weighted by Gasteiger charge is 2.26. The molecule has 1 atom stereocenters. The first-order chi connectivity index (χ1) is 11.3. The molecule has 8 heteroatoms. The number of halogens is 3. The number of urea groups is 1. The zero-order valence-corrected chi connectivity index (χ0v) is 13.1. The van der Waals surface area contributed by atoms with Gasteiger partial charge in [0.05, 0.1) is 0 Å². The Bertz CT molecular complexity index is 521. The van der Waals surface area contributed by atoms with E-state index in [0.29, 0.717) is 6.42 Å². The fourth-order valence-corrected chi connectivity index (χ4v) is 2.15. The summed E-state index contributed by atoms with van der Waals surface area (Å²) in [7, 11) is 0. The van der Waals surface area contributed by atoms with Gasteiger partial charge in [-0.3, -0.25) is 4.79 Å². The summed E-state index contributed by atoms with van der Waals surface area (Å²) in [5.74, 6) is -0.972. The number of hydrogen-bond acceptors (Lipinski definition) is 2. The highest BCUT2D eigenvalue weighted by Crippen LogP contribution is 2.20. The molecule has 5 nitrogen and oxygen atoms in total. The van der Waals surface area contributed by atoms with E-state index < -0.39 is 30.6 Å². The number of alkyl halides is 3. The largest absolute Gasteiger partial charge is 0.481 e. The fourth-order valence-electron chi connectivity index (χ4n) is 2.15. The van der Waals surface area contributed by atoms with Crippen LogP contribution in [0.3, 0.4) is 0 Å². The molecular formula is C16H21F3N2O3. The van der Waals surface area contributed by atoms with Gasteiger partial charge in [0.2, 0.25) is 0 Å². The standard InChI is InChI=1S/C16H21F3N2O3/c17-16(18,19)9-4-10-20-15(24)21-13(7-8-14(22)23)11-12-5-2-1-3-6-12/h1-3,5-6,13H,4,7-11H2,(H,22,23)(H2,20,21,24). The number of hydrogen-bond donors (Lipinski definition) is 3. The van der Waals surface area contributed by atoms with Crippen LogP contribution in [0, 0.1) is 0 Å². The number of carbonyl (C=O) groups excluding carboxylic acids is 1. The molecule has 24 heavy (non-hydrogen) atoms. The number of carbonyl (C=O) groups is 2. The Morgan fingerprint density at radius 2 is 1.83 bits per heavy atom. The number of benzene rings is 1. The minimum Gasteiger partial charge on any atom is -0.481 e. The first-order valence-corrected chi connectivity index (χ1v) is 7.63. The average Bonchev–Trinajstić information content (AvgIpc) is 2.49. The van der Waals surface area contributed by atoms with Crippen LogP contribution in [0.1, 0.15) is 31.2 Å².